The molecule has 0 saturated heterocycles. The van der Waals surface area contributed by atoms with Crippen molar-refractivity contribution >= 4 is 7.74 Å². The zero-order chi connectivity index (χ0) is 20.8. The molecule has 0 saturated carbocycles. The van der Waals surface area contributed by atoms with Crippen molar-refractivity contribution in [3.8, 4) is 0 Å². The van der Waals surface area contributed by atoms with E-state index in [-0.39, 0.29) is 12.8 Å². The molecule has 2 aliphatic rings. The quantitative estimate of drug-likeness (QED) is 0.447. The number of halogens is 6. The molecular weight excluding hydrogens is 426 g/mol. The molecule has 4 rings (SSSR count). The molecule has 0 heterocycles. The van der Waals surface area contributed by atoms with Crippen molar-refractivity contribution in [1.29, 1.82) is 0 Å². The van der Waals surface area contributed by atoms with Crippen LogP contribution in [0.1, 0.15) is 12.8 Å². The maximum atomic E-state index is 15.1. The van der Waals surface area contributed by atoms with Gasteiger partial charge in [-0.1, -0.05) is 0 Å². The van der Waals surface area contributed by atoms with E-state index < -0.39 is 59.2 Å². The first-order valence-corrected chi connectivity index (χ1v) is 12.0. The summed E-state index contributed by atoms with van der Waals surface area (Å²) in [5.41, 5.74) is 0. The summed E-state index contributed by atoms with van der Waals surface area (Å²) in [5, 5.41) is 0. The Kier molecular flexibility index (Phi) is 5.17. The molecule has 0 N–H and O–H groups in total. The van der Waals surface area contributed by atoms with Crippen LogP contribution in [0.15, 0.2) is 68.5 Å². The van der Waals surface area contributed by atoms with Crippen LogP contribution >= 0.6 is 0 Å². The van der Waals surface area contributed by atoms with E-state index in [0.717, 1.165) is 0 Å². The molecule has 0 atom stereocenters. The van der Waals surface area contributed by atoms with E-state index in [9.17, 15) is 8.78 Å². The minimum atomic E-state index is -4.88. The van der Waals surface area contributed by atoms with E-state index in [1.54, 1.807) is 36.5 Å². The number of rotatable bonds is 4. The fourth-order valence-electron chi connectivity index (χ4n) is 4.23. The Hall–Kier alpha value is -2.31. The predicted molar refractivity (Wildman–Crippen MR) is 95.6 cm³/mol. The molecule has 2 aliphatic carbocycles. The van der Waals surface area contributed by atoms with Gasteiger partial charge in [0.25, 0.3) is 0 Å². The zero-order valence-corrected chi connectivity index (χ0v) is 16.5. The summed E-state index contributed by atoms with van der Waals surface area (Å²) in [6.07, 6.45) is 10.4. The average molecular weight is 440 g/mol. The molecule has 148 valence electrons. The summed E-state index contributed by atoms with van der Waals surface area (Å²) >= 11 is -4.88. The van der Waals surface area contributed by atoms with E-state index in [0.29, 0.717) is 32.0 Å². The first kappa shape index (κ1) is 20.0. The van der Waals surface area contributed by atoms with Gasteiger partial charge in [-0.25, -0.2) is 0 Å². The number of benzene rings is 2. The van der Waals surface area contributed by atoms with Crippen molar-refractivity contribution in [2.45, 2.75) is 12.8 Å². The molecule has 7 heteroatoms. The van der Waals surface area contributed by atoms with Gasteiger partial charge in [0.1, 0.15) is 0 Å². The molecule has 0 bridgehead atoms. The van der Waals surface area contributed by atoms with Gasteiger partial charge in [-0.3, -0.25) is 0 Å². The van der Waals surface area contributed by atoms with Crippen molar-refractivity contribution < 1.29 is 42.9 Å². The molecular formula is C22H14F6Ti. The molecule has 29 heavy (non-hydrogen) atoms. The molecule has 0 nitrogen and oxygen atoms in total. The Balaban J connectivity index is 2.18. The standard InChI is InChI=1S/2C6H2F3.2C5H5.Ti/c2*7-4-1-5(8)3-6(9)2-4;2*1-2-4-5-3-1;/h2*1-2H;2*1-3H,4H2;. The van der Waals surface area contributed by atoms with Crippen LogP contribution in [-0.2, 0) is 16.6 Å². The Morgan fingerprint density at radius 2 is 0.897 bits per heavy atom. The summed E-state index contributed by atoms with van der Waals surface area (Å²) in [7, 11) is 0. The summed E-state index contributed by atoms with van der Waals surface area (Å²) in [6, 6.07) is 2.07. The van der Waals surface area contributed by atoms with Crippen molar-refractivity contribution in [3.05, 3.63) is 103 Å². The van der Waals surface area contributed by atoms with Crippen LogP contribution < -0.4 is 7.74 Å². The third-order valence-electron chi connectivity index (χ3n) is 5.27. The van der Waals surface area contributed by atoms with Crippen molar-refractivity contribution in [2.75, 3.05) is 0 Å². The zero-order valence-electron chi connectivity index (χ0n) is 15.0. The summed E-state index contributed by atoms with van der Waals surface area (Å²) in [5.74, 6) is -7.07. The van der Waals surface area contributed by atoms with Gasteiger partial charge in [0, 0.05) is 0 Å². The summed E-state index contributed by atoms with van der Waals surface area (Å²) < 4.78 is 87.6. The topological polar surface area (TPSA) is 0 Å². The Labute approximate surface area is 166 Å². The van der Waals surface area contributed by atoms with Crippen LogP contribution in [-0.4, -0.2) is 0 Å². The second-order valence-electron chi connectivity index (χ2n) is 6.89. The predicted octanol–water partition coefficient (Wildman–Crippen LogP) is 5.31. The van der Waals surface area contributed by atoms with Crippen LogP contribution in [0, 0.1) is 34.9 Å². The molecule has 0 aliphatic heterocycles. The second-order valence-corrected chi connectivity index (χ2v) is 12.8. The fourth-order valence-corrected chi connectivity index (χ4v) is 12.4. The number of allylic oxidation sites excluding steroid dienone is 8. The maximum absolute atomic E-state index is 15.1. The van der Waals surface area contributed by atoms with E-state index in [1.165, 1.54) is 0 Å². The Morgan fingerprint density at radius 3 is 1.17 bits per heavy atom. The first-order chi connectivity index (χ1) is 13.9. The average Bonchev–Trinajstić information content (AvgIpc) is 3.33. The van der Waals surface area contributed by atoms with Gasteiger partial charge in [0.05, 0.1) is 0 Å². The molecule has 2 aromatic rings. The van der Waals surface area contributed by atoms with E-state index in [2.05, 4.69) is 0 Å². The number of hydrogen-bond donors (Lipinski definition) is 0. The van der Waals surface area contributed by atoms with Gasteiger partial charge in [-0.2, -0.15) is 0 Å². The van der Waals surface area contributed by atoms with Crippen LogP contribution in [0.4, 0.5) is 26.3 Å². The molecule has 0 amide bonds. The van der Waals surface area contributed by atoms with Gasteiger partial charge in [-0.15, -0.1) is 0 Å². The van der Waals surface area contributed by atoms with Crippen molar-refractivity contribution in [3.63, 3.8) is 0 Å². The molecule has 0 unspecified atom stereocenters. The summed E-state index contributed by atoms with van der Waals surface area (Å²) in [6.45, 7) is 0. The molecule has 0 radical (unpaired) electrons. The van der Waals surface area contributed by atoms with Crippen LogP contribution in [0.2, 0.25) is 0 Å². The van der Waals surface area contributed by atoms with Gasteiger partial charge < -0.3 is 0 Å². The van der Waals surface area contributed by atoms with E-state index >= 15 is 17.6 Å². The van der Waals surface area contributed by atoms with Gasteiger partial charge in [0.2, 0.25) is 0 Å². The number of hydrogen-bond acceptors (Lipinski definition) is 0. The Morgan fingerprint density at radius 1 is 0.552 bits per heavy atom. The molecule has 2 aromatic carbocycles. The first-order valence-electron chi connectivity index (χ1n) is 8.88. The Bertz CT molecular complexity index is 991. The van der Waals surface area contributed by atoms with E-state index in [4.69, 9.17) is 0 Å². The van der Waals surface area contributed by atoms with Crippen LogP contribution in [0.5, 0.6) is 0 Å². The van der Waals surface area contributed by atoms with Crippen LogP contribution in [0.25, 0.3) is 0 Å². The fraction of sp³-hybridized carbons (Fsp3) is 0.0909. The second kappa shape index (κ2) is 7.50. The van der Waals surface area contributed by atoms with Crippen LogP contribution in [0.3, 0.4) is 0 Å². The van der Waals surface area contributed by atoms with Gasteiger partial charge in [-0.05, 0) is 0 Å². The monoisotopic (exact) mass is 440 g/mol. The van der Waals surface area contributed by atoms with E-state index in [1.807, 2.05) is 0 Å². The third kappa shape index (κ3) is 3.15. The minimum absolute atomic E-state index is 0.240. The van der Waals surface area contributed by atoms with Crippen molar-refractivity contribution in [1.82, 2.24) is 0 Å². The van der Waals surface area contributed by atoms with Gasteiger partial charge in [0.15, 0.2) is 0 Å². The summed E-state index contributed by atoms with van der Waals surface area (Å²) in [4.78, 5) is 0. The molecule has 0 aromatic heterocycles. The molecule has 0 fully saturated rings. The molecule has 0 spiro atoms. The van der Waals surface area contributed by atoms with Gasteiger partial charge >= 0.3 is 167 Å². The van der Waals surface area contributed by atoms with Crippen molar-refractivity contribution in [2.24, 2.45) is 0 Å². The normalized spacial score (nSPS) is 15.8. The SMILES string of the molecule is Fc1cc(F)[c]([Ti]([C]2=CC=CC2)([C]2=CC=CC2)[c]2c(F)cc(F)cc2F)c(F)c1. The third-order valence-corrected chi connectivity index (χ3v) is 13.3.